The van der Waals surface area contributed by atoms with Crippen LogP contribution >= 0.6 is 0 Å². The van der Waals surface area contributed by atoms with E-state index < -0.39 is 5.97 Å². The first kappa shape index (κ1) is 11.4. The maximum atomic E-state index is 11.8. The van der Waals surface area contributed by atoms with Crippen molar-refractivity contribution in [2.45, 2.75) is 45.6 Å². The number of aliphatic carboxylic acids is 1. The number of hydrogen-bond acceptors (Lipinski definition) is 2. The van der Waals surface area contributed by atoms with Gasteiger partial charge in [-0.15, -0.1) is 0 Å². The second-order valence-corrected chi connectivity index (χ2v) is 5.74. The summed E-state index contributed by atoms with van der Waals surface area (Å²) in [7, 11) is 0. The fourth-order valence-corrected chi connectivity index (χ4v) is 2.63. The van der Waals surface area contributed by atoms with Crippen molar-refractivity contribution < 1.29 is 14.7 Å². The molecule has 90 valence electrons. The molecule has 2 rings (SSSR count). The monoisotopic (exact) mass is 225 g/mol. The first-order chi connectivity index (χ1) is 7.42. The van der Waals surface area contributed by atoms with Crippen molar-refractivity contribution in [3.63, 3.8) is 0 Å². The summed E-state index contributed by atoms with van der Waals surface area (Å²) in [6.07, 6.45) is 3.31. The maximum absolute atomic E-state index is 11.8. The molecule has 0 bridgehead atoms. The van der Waals surface area contributed by atoms with Gasteiger partial charge in [-0.2, -0.15) is 0 Å². The molecule has 2 aliphatic rings. The number of rotatable bonds is 3. The number of carbonyl (C=O) groups excluding carboxylic acids is 1. The number of carboxylic acids is 1. The number of carboxylic acid groups (broad SMARTS) is 1. The second kappa shape index (κ2) is 3.75. The van der Waals surface area contributed by atoms with Gasteiger partial charge in [0, 0.05) is 12.0 Å². The predicted octanol–water partition coefficient (Wildman–Crippen LogP) is 1.40. The van der Waals surface area contributed by atoms with Crippen LogP contribution in [0.15, 0.2) is 0 Å². The van der Waals surface area contributed by atoms with Gasteiger partial charge in [0.1, 0.15) is 0 Å². The molecule has 0 aliphatic heterocycles. The highest BCUT2D eigenvalue weighted by Gasteiger charge is 2.51. The minimum absolute atomic E-state index is 0.0446. The molecule has 0 aromatic heterocycles. The third-order valence-corrected chi connectivity index (χ3v) is 3.99. The van der Waals surface area contributed by atoms with Gasteiger partial charge in [-0.1, -0.05) is 20.3 Å². The molecule has 4 heteroatoms. The van der Waals surface area contributed by atoms with E-state index in [1.807, 2.05) is 0 Å². The molecule has 0 spiro atoms. The Morgan fingerprint density at radius 3 is 2.44 bits per heavy atom. The molecular weight excluding hydrogens is 206 g/mol. The Labute approximate surface area is 95.4 Å². The van der Waals surface area contributed by atoms with E-state index in [0.29, 0.717) is 6.42 Å². The number of hydrogen-bond donors (Lipinski definition) is 2. The molecular formula is C12H19NO3. The standard InChI is InChI=1S/C12H19NO3/c1-12(2)6-8(12)10(14)13-9-5-3-4-7(9)11(15)16/h7-9H,3-6H2,1-2H3,(H,13,14)(H,15,16). The van der Waals surface area contributed by atoms with Crippen molar-refractivity contribution in [2.24, 2.45) is 17.3 Å². The largest absolute Gasteiger partial charge is 0.481 e. The summed E-state index contributed by atoms with van der Waals surface area (Å²) in [6, 6.07) is -0.151. The van der Waals surface area contributed by atoms with Crippen LogP contribution in [0.3, 0.4) is 0 Å². The molecule has 3 unspecified atom stereocenters. The van der Waals surface area contributed by atoms with Crippen LogP contribution in [-0.2, 0) is 9.59 Å². The van der Waals surface area contributed by atoms with Gasteiger partial charge < -0.3 is 10.4 Å². The quantitative estimate of drug-likeness (QED) is 0.763. The summed E-state index contributed by atoms with van der Waals surface area (Å²) in [4.78, 5) is 22.8. The van der Waals surface area contributed by atoms with Crippen molar-refractivity contribution in [2.75, 3.05) is 0 Å². The number of nitrogens with one attached hydrogen (secondary N) is 1. The Balaban J connectivity index is 1.90. The van der Waals surface area contributed by atoms with E-state index in [9.17, 15) is 9.59 Å². The Morgan fingerprint density at radius 1 is 1.31 bits per heavy atom. The van der Waals surface area contributed by atoms with Crippen LogP contribution in [0.2, 0.25) is 0 Å². The lowest BCUT2D eigenvalue weighted by Crippen LogP contribution is -2.41. The Morgan fingerprint density at radius 2 is 1.94 bits per heavy atom. The van der Waals surface area contributed by atoms with E-state index in [0.717, 1.165) is 19.3 Å². The third kappa shape index (κ3) is 2.06. The lowest BCUT2D eigenvalue weighted by Gasteiger charge is -2.18. The summed E-state index contributed by atoms with van der Waals surface area (Å²) in [6.45, 7) is 4.14. The fraction of sp³-hybridized carbons (Fsp3) is 0.833. The summed E-state index contributed by atoms with van der Waals surface area (Å²) in [5, 5.41) is 11.9. The summed E-state index contributed by atoms with van der Waals surface area (Å²) < 4.78 is 0. The fourth-order valence-electron chi connectivity index (χ4n) is 2.63. The highest BCUT2D eigenvalue weighted by atomic mass is 16.4. The highest BCUT2D eigenvalue weighted by Crippen LogP contribution is 2.51. The third-order valence-electron chi connectivity index (χ3n) is 3.99. The van der Waals surface area contributed by atoms with E-state index in [1.165, 1.54) is 0 Å². The zero-order valence-corrected chi connectivity index (χ0v) is 9.82. The van der Waals surface area contributed by atoms with Crippen molar-refractivity contribution in [3.8, 4) is 0 Å². The van der Waals surface area contributed by atoms with Crippen LogP contribution in [0.5, 0.6) is 0 Å². The topological polar surface area (TPSA) is 66.4 Å². The van der Waals surface area contributed by atoms with Crippen LogP contribution in [0.4, 0.5) is 0 Å². The minimum atomic E-state index is -0.780. The lowest BCUT2D eigenvalue weighted by atomic mass is 10.0. The molecule has 2 aliphatic carbocycles. The molecule has 2 saturated carbocycles. The van der Waals surface area contributed by atoms with Crippen LogP contribution in [0.25, 0.3) is 0 Å². The van der Waals surface area contributed by atoms with Gasteiger partial charge in [0.25, 0.3) is 0 Å². The summed E-state index contributed by atoms with van der Waals surface area (Å²) in [5.74, 6) is -1.03. The number of carbonyl (C=O) groups is 2. The van der Waals surface area contributed by atoms with Gasteiger partial charge >= 0.3 is 5.97 Å². The van der Waals surface area contributed by atoms with Crippen molar-refractivity contribution in [1.82, 2.24) is 5.32 Å². The smallest absolute Gasteiger partial charge is 0.308 e. The first-order valence-corrected chi connectivity index (χ1v) is 5.95. The average Bonchev–Trinajstić information content (AvgIpc) is 2.61. The molecule has 2 N–H and O–H groups in total. The maximum Gasteiger partial charge on any atom is 0.308 e. The van der Waals surface area contributed by atoms with Gasteiger partial charge in [0.05, 0.1) is 5.92 Å². The molecule has 1 amide bonds. The molecule has 2 fully saturated rings. The number of amides is 1. The van der Waals surface area contributed by atoms with Gasteiger partial charge in [0.15, 0.2) is 0 Å². The zero-order valence-electron chi connectivity index (χ0n) is 9.82. The van der Waals surface area contributed by atoms with Gasteiger partial charge in [-0.05, 0) is 24.7 Å². The molecule has 0 heterocycles. The first-order valence-electron chi connectivity index (χ1n) is 5.95. The summed E-state index contributed by atoms with van der Waals surface area (Å²) >= 11 is 0. The molecule has 0 radical (unpaired) electrons. The Bertz CT molecular complexity index is 324. The minimum Gasteiger partial charge on any atom is -0.481 e. The molecule has 0 aromatic rings. The SMILES string of the molecule is CC1(C)CC1C(=O)NC1CCCC1C(=O)O. The predicted molar refractivity (Wildman–Crippen MR) is 58.8 cm³/mol. The van der Waals surface area contributed by atoms with Crippen molar-refractivity contribution >= 4 is 11.9 Å². The molecule has 16 heavy (non-hydrogen) atoms. The molecule has 0 aromatic carbocycles. The van der Waals surface area contributed by atoms with E-state index >= 15 is 0 Å². The normalized spacial score (nSPS) is 35.8. The molecule has 4 nitrogen and oxygen atoms in total. The zero-order chi connectivity index (χ0) is 11.9. The Kier molecular flexibility index (Phi) is 2.68. The van der Waals surface area contributed by atoms with Crippen molar-refractivity contribution in [3.05, 3.63) is 0 Å². The van der Waals surface area contributed by atoms with Crippen LogP contribution in [-0.4, -0.2) is 23.0 Å². The average molecular weight is 225 g/mol. The van der Waals surface area contributed by atoms with E-state index in [2.05, 4.69) is 19.2 Å². The molecule has 3 atom stereocenters. The van der Waals surface area contributed by atoms with E-state index in [-0.39, 0.29) is 29.2 Å². The van der Waals surface area contributed by atoms with Crippen molar-refractivity contribution in [1.29, 1.82) is 0 Å². The van der Waals surface area contributed by atoms with Crippen LogP contribution < -0.4 is 5.32 Å². The highest BCUT2D eigenvalue weighted by molar-refractivity contribution is 5.83. The van der Waals surface area contributed by atoms with Crippen LogP contribution in [0.1, 0.15) is 39.5 Å². The van der Waals surface area contributed by atoms with Gasteiger partial charge in [-0.3, -0.25) is 9.59 Å². The Hall–Kier alpha value is -1.06. The molecule has 0 saturated heterocycles. The van der Waals surface area contributed by atoms with Gasteiger partial charge in [-0.25, -0.2) is 0 Å². The van der Waals surface area contributed by atoms with Gasteiger partial charge in [0.2, 0.25) is 5.91 Å². The van der Waals surface area contributed by atoms with E-state index in [1.54, 1.807) is 0 Å². The summed E-state index contributed by atoms with van der Waals surface area (Å²) in [5.41, 5.74) is 0.113. The second-order valence-electron chi connectivity index (χ2n) is 5.74. The van der Waals surface area contributed by atoms with E-state index in [4.69, 9.17) is 5.11 Å². The van der Waals surface area contributed by atoms with Crippen LogP contribution in [0, 0.1) is 17.3 Å². The lowest BCUT2D eigenvalue weighted by molar-refractivity contribution is -0.142.